The maximum atomic E-state index is 13.4. The lowest BCUT2D eigenvalue weighted by Crippen LogP contribution is -2.29. The smallest absolute Gasteiger partial charge is 0.282 e. The van der Waals surface area contributed by atoms with E-state index in [1.165, 1.54) is 4.68 Å². The predicted octanol–water partition coefficient (Wildman–Crippen LogP) is 5.39. The maximum absolute atomic E-state index is 13.4. The van der Waals surface area contributed by atoms with Crippen LogP contribution in [0.2, 0.25) is 0 Å². The third-order valence-corrected chi connectivity index (χ3v) is 5.50. The molecule has 1 aromatic heterocycles. The molecule has 0 atom stereocenters. The average Bonchev–Trinajstić information content (AvgIpc) is 2.76. The molecule has 0 saturated heterocycles. The molecule has 0 spiro atoms. The van der Waals surface area contributed by atoms with Crippen molar-refractivity contribution < 1.29 is 4.74 Å². The molecule has 0 aliphatic heterocycles. The first-order chi connectivity index (χ1) is 15.3. The van der Waals surface area contributed by atoms with E-state index >= 15 is 0 Å². The monoisotopic (exact) mass is 488 g/mol. The van der Waals surface area contributed by atoms with Crippen molar-refractivity contribution in [2.75, 3.05) is 6.61 Å². The minimum absolute atomic E-state index is 0.0854. The Morgan fingerprint density at radius 3 is 2.69 bits per heavy atom. The van der Waals surface area contributed by atoms with Crippen molar-refractivity contribution in [1.82, 2.24) is 9.66 Å². The third kappa shape index (κ3) is 4.14. The summed E-state index contributed by atoms with van der Waals surface area (Å²) in [7, 11) is 0. The molecule has 4 aromatic rings. The topological polar surface area (TPSA) is 80.3 Å². The van der Waals surface area contributed by atoms with E-state index in [0.717, 1.165) is 15.2 Å². The minimum Gasteiger partial charge on any atom is -0.478 e. The van der Waals surface area contributed by atoms with Crippen LogP contribution in [0.3, 0.4) is 0 Å². The fourth-order valence-corrected chi connectivity index (χ4v) is 3.86. The number of nitrogens with zero attached hydrogens (tertiary/aromatic N) is 4. The van der Waals surface area contributed by atoms with Crippen molar-refractivity contribution in [2.45, 2.75) is 26.2 Å². The number of hydrogen-bond donors (Lipinski definition) is 0. The second-order valence-electron chi connectivity index (χ2n) is 8.35. The number of halogens is 1. The summed E-state index contributed by atoms with van der Waals surface area (Å²) in [6.07, 6.45) is 1.61. The first kappa shape index (κ1) is 21.7. The molecule has 0 radical (unpaired) electrons. The van der Waals surface area contributed by atoms with E-state index in [9.17, 15) is 4.79 Å². The van der Waals surface area contributed by atoms with Crippen molar-refractivity contribution in [3.05, 3.63) is 80.8 Å². The van der Waals surface area contributed by atoms with Crippen molar-refractivity contribution >= 4 is 43.8 Å². The highest BCUT2D eigenvalue weighted by atomic mass is 79.9. The van der Waals surface area contributed by atoms with E-state index < -0.39 is 5.41 Å². The van der Waals surface area contributed by atoms with Gasteiger partial charge in [0.05, 0.1) is 17.1 Å². The molecule has 0 saturated carbocycles. The summed E-state index contributed by atoms with van der Waals surface area (Å²) >= 11 is 3.43. The first-order valence-corrected chi connectivity index (χ1v) is 10.9. The first-order valence-electron chi connectivity index (χ1n) is 10.1. The molecule has 0 N–H and O–H groups in total. The van der Waals surface area contributed by atoms with Crippen LogP contribution in [-0.2, 0) is 5.41 Å². The molecule has 7 heteroatoms. The second-order valence-corrected chi connectivity index (χ2v) is 9.27. The molecular weight excluding hydrogens is 468 g/mol. The van der Waals surface area contributed by atoms with Gasteiger partial charge in [0.15, 0.2) is 6.61 Å². The summed E-state index contributed by atoms with van der Waals surface area (Å²) in [5.41, 5.74) is 0.644. The van der Waals surface area contributed by atoms with Crippen LogP contribution in [0.25, 0.3) is 21.7 Å². The molecule has 0 aliphatic carbocycles. The van der Waals surface area contributed by atoms with E-state index in [2.05, 4.69) is 21.0 Å². The number of nitriles is 1. The Labute approximate surface area is 193 Å². The molecule has 6 nitrogen and oxygen atoms in total. The van der Waals surface area contributed by atoms with E-state index in [0.29, 0.717) is 28.0 Å². The van der Waals surface area contributed by atoms with Crippen LogP contribution in [0.4, 0.5) is 0 Å². The highest BCUT2D eigenvalue weighted by Crippen LogP contribution is 2.27. The largest absolute Gasteiger partial charge is 0.478 e. The number of rotatable bonds is 4. The predicted molar refractivity (Wildman–Crippen MR) is 130 cm³/mol. The summed E-state index contributed by atoms with van der Waals surface area (Å²) in [6.45, 7) is 5.89. The summed E-state index contributed by atoms with van der Waals surface area (Å²) in [5.74, 6) is 1.07. The maximum Gasteiger partial charge on any atom is 0.282 e. The Morgan fingerprint density at radius 2 is 1.94 bits per heavy atom. The Morgan fingerprint density at radius 1 is 1.16 bits per heavy atom. The lowest BCUT2D eigenvalue weighted by Gasteiger charge is -2.21. The number of aromatic nitrogens is 2. The van der Waals surface area contributed by atoms with Crippen LogP contribution in [0.15, 0.2) is 69.0 Å². The normalized spacial score (nSPS) is 11.8. The van der Waals surface area contributed by atoms with Gasteiger partial charge in [0.1, 0.15) is 17.6 Å². The number of ether oxygens (including phenoxy) is 1. The number of benzene rings is 3. The lowest BCUT2D eigenvalue weighted by atomic mass is 9.95. The standard InChI is InChI=1S/C25H21BrN4O2/c1-25(2,3)24-29-21-10-9-17(26)14-19(21)23(31)30(24)28-15-20-18-7-5-4-6-16(18)8-11-22(20)32-13-12-27/h4-11,14-15H,13H2,1-3H3. The highest BCUT2D eigenvalue weighted by Gasteiger charge is 2.23. The SMILES string of the molecule is CC(C)(C)c1nc2ccc(Br)cc2c(=O)n1N=Cc1c(OCC#N)ccc2ccccc12. The van der Waals surface area contributed by atoms with Crippen molar-refractivity contribution in [3.8, 4) is 11.8 Å². The molecule has 0 unspecified atom stereocenters. The lowest BCUT2D eigenvalue weighted by molar-refractivity contribution is 0.368. The van der Waals surface area contributed by atoms with Crippen LogP contribution >= 0.6 is 15.9 Å². The Balaban J connectivity index is 1.96. The molecule has 3 aromatic carbocycles. The molecule has 32 heavy (non-hydrogen) atoms. The zero-order valence-corrected chi connectivity index (χ0v) is 19.5. The van der Waals surface area contributed by atoms with Gasteiger partial charge < -0.3 is 4.74 Å². The molecular formula is C25H21BrN4O2. The Bertz CT molecular complexity index is 1460. The molecule has 0 bridgehead atoms. The Kier molecular flexibility index (Phi) is 5.81. The molecule has 0 fully saturated rings. The van der Waals surface area contributed by atoms with Gasteiger partial charge in [-0.1, -0.05) is 67.0 Å². The summed E-state index contributed by atoms with van der Waals surface area (Å²) in [5, 5.41) is 15.9. The van der Waals surface area contributed by atoms with Gasteiger partial charge in [-0.2, -0.15) is 15.0 Å². The highest BCUT2D eigenvalue weighted by molar-refractivity contribution is 9.10. The van der Waals surface area contributed by atoms with Gasteiger partial charge in [-0.05, 0) is 35.0 Å². The van der Waals surface area contributed by atoms with Gasteiger partial charge in [-0.25, -0.2) is 4.98 Å². The molecule has 160 valence electrons. The third-order valence-electron chi connectivity index (χ3n) is 5.00. The van der Waals surface area contributed by atoms with Gasteiger partial charge in [0.2, 0.25) is 0 Å². The van der Waals surface area contributed by atoms with Crippen LogP contribution in [0.5, 0.6) is 5.75 Å². The quantitative estimate of drug-likeness (QED) is 0.360. The zero-order chi connectivity index (χ0) is 22.9. The van der Waals surface area contributed by atoms with E-state index in [1.807, 2.05) is 75.4 Å². The van der Waals surface area contributed by atoms with Gasteiger partial charge >= 0.3 is 0 Å². The van der Waals surface area contributed by atoms with E-state index in [-0.39, 0.29) is 12.2 Å². The summed E-state index contributed by atoms with van der Waals surface area (Å²) < 4.78 is 7.78. The Hall–Kier alpha value is -3.50. The van der Waals surface area contributed by atoms with E-state index in [1.54, 1.807) is 12.3 Å². The molecule has 0 amide bonds. The fraction of sp³-hybridized carbons (Fsp3) is 0.200. The van der Waals surface area contributed by atoms with Crippen molar-refractivity contribution in [1.29, 1.82) is 5.26 Å². The summed E-state index contributed by atoms with van der Waals surface area (Å²) in [6, 6.07) is 19.0. The summed E-state index contributed by atoms with van der Waals surface area (Å²) in [4.78, 5) is 18.2. The fourth-order valence-electron chi connectivity index (χ4n) is 3.50. The van der Waals surface area contributed by atoms with Crippen LogP contribution in [0, 0.1) is 11.3 Å². The number of hydrogen-bond acceptors (Lipinski definition) is 5. The second kappa shape index (κ2) is 8.56. The van der Waals surface area contributed by atoms with Crippen LogP contribution in [0.1, 0.15) is 32.2 Å². The van der Waals surface area contributed by atoms with Gasteiger partial charge in [0, 0.05) is 15.5 Å². The van der Waals surface area contributed by atoms with Crippen LogP contribution < -0.4 is 10.3 Å². The van der Waals surface area contributed by atoms with Crippen LogP contribution in [-0.4, -0.2) is 22.5 Å². The zero-order valence-electron chi connectivity index (χ0n) is 18.0. The van der Waals surface area contributed by atoms with E-state index in [4.69, 9.17) is 15.0 Å². The van der Waals surface area contributed by atoms with Gasteiger partial charge in [0.25, 0.3) is 5.56 Å². The minimum atomic E-state index is -0.420. The molecule has 1 heterocycles. The van der Waals surface area contributed by atoms with Gasteiger partial charge in [-0.3, -0.25) is 4.79 Å². The van der Waals surface area contributed by atoms with Crippen molar-refractivity contribution in [2.24, 2.45) is 5.10 Å². The number of fused-ring (bicyclic) bond motifs is 2. The van der Waals surface area contributed by atoms with Gasteiger partial charge in [-0.15, -0.1) is 0 Å². The molecule has 0 aliphatic rings. The molecule has 4 rings (SSSR count). The average molecular weight is 489 g/mol. The van der Waals surface area contributed by atoms with Crippen molar-refractivity contribution in [3.63, 3.8) is 0 Å².